The van der Waals surface area contributed by atoms with Crippen LogP contribution in [0.15, 0.2) is 33.9 Å². The maximum absolute atomic E-state index is 13.1. The molecule has 4 nitrogen and oxygen atoms in total. The van der Waals surface area contributed by atoms with Crippen molar-refractivity contribution in [1.29, 1.82) is 0 Å². The molecule has 2 rings (SSSR count). The fourth-order valence-electron chi connectivity index (χ4n) is 1.89. The monoisotopic (exact) mass is 296 g/mol. The van der Waals surface area contributed by atoms with E-state index >= 15 is 0 Å². The molecule has 2 aromatic rings. The van der Waals surface area contributed by atoms with E-state index in [1.54, 1.807) is 6.07 Å². The molecule has 0 aliphatic carbocycles. The van der Waals surface area contributed by atoms with Crippen molar-refractivity contribution in [3.05, 3.63) is 41.5 Å². The second-order valence-corrected chi connectivity index (χ2v) is 6.08. The lowest BCUT2D eigenvalue weighted by Gasteiger charge is -2.05. The first kappa shape index (κ1) is 15.0. The summed E-state index contributed by atoms with van der Waals surface area (Å²) < 4.78 is 18.6. The van der Waals surface area contributed by atoms with Crippen molar-refractivity contribution in [3.63, 3.8) is 0 Å². The highest BCUT2D eigenvalue weighted by Crippen LogP contribution is 2.24. The molecule has 0 bridgehead atoms. The van der Waals surface area contributed by atoms with E-state index in [0.717, 1.165) is 12.0 Å². The van der Waals surface area contributed by atoms with Crippen LogP contribution in [0, 0.1) is 11.7 Å². The molecule has 0 spiro atoms. The molecule has 0 aliphatic rings. The molecule has 1 heterocycles. The molecule has 1 aromatic heterocycles. The Kier molecular flexibility index (Phi) is 5.14. The SMILES string of the molecule is CC(C)C[C@H]([NH3+])c1nnc(SCc2cccc(F)c2)o1. The number of quaternary nitrogens is 1. The van der Waals surface area contributed by atoms with Crippen LogP contribution < -0.4 is 5.73 Å². The molecule has 3 N–H and O–H groups in total. The molecule has 0 fully saturated rings. The quantitative estimate of drug-likeness (QED) is 0.832. The van der Waals surface area contributed by atoms with Crippen LogP contribution in [0.1, 0.15) is 37.8 Å². The molecule has 1 aromatic carbocycles. The van der Waals surface area contributed by atoms with E-state index in [2.05, 4.69) is 29.8 Å². The van der Waals surface area contributed by atoms with Crippen molar-refractivity contribution in [2.24, 2.45) is 5.92 Å². The van der Waals surface area contributed by atoms with Crippen molar-refractivity contribution in [2.45, 2.75) is 37.3 Å². The number of halogens is 1. The zero-order valence-corrected chi connectivity index (χ0v) is 12.5. The van der Waals surface area contributed by atoms with Gasteiger partial charge in [0, 0.05) is 12.2 Å². The van der Waals surface area contributed by atoms with Gasteiger partial charge in [-0.1, -0.05) is 37.7 Å². The molecular weight excluding hydrogens is 277 g/mol. The molecule has 0 radical (unpaired) electrons. The lowest BCUT2D eigenvalue weighted by atomic mass is 10.1. The maximum Gasteiger partial charge on any atom is 0.277 e. The molecule has 0 saturated heterocycles. The summed E-state index contributed by atoms with van der Waals surface area (Å²) in [4.78, 5) is 0. The topological polar surface area (TPSA) is 66.6 Å². The van der Waals surface area contributed by atoms with E-state index in [0.29, 0.717) is 22.8 Å². The van der Waals surface area contributed by atoms with Crippen molar-refractivity contribution in [1.82, 2.24) is 10.2 Å². The number of hydrogen-bond acceptors (Lipinski definition) is 4. The number of hydrogen-bond donors (Lipinski definition) is 1. The van der Waals surface area contributed by atoms with Gasteiger partial charge in [0.1, 0.15) is 5.82 Å². The van der Waals surface area contributed by atoms with Gasteiger partial charge in [0.25, 0.3) is 11.1 Å². The Morgan fingerprint density at radius 3 is 2.85 bits per heavy atom. The van der Waals surface area contributed by atoms with Crippen molar-refractivity contribution in [3.8, 4) is 0 Å². The van der Waals surface area contributed by atoms with Gasteiger partial charge in [-0.05, 0) is 23.6 Å². The predicted octanol–water partition coefficient (Wildman–Crippen LogP) is 2.83. The molecule has 1 atom stereocenters. The highest BCUT2D eigenvalue weighted by Gasteiger charge is 2.19. The molecule has 6 heteroatoms. The zero-order valence-electron chi connectivity index (χ0n) is 11.7. The molecule has 0 saturated carbocycles. The Bertz CT molecular complexity index is 559. The lowest BCUT2D eigenvalue weighted by molar-refractivity contribution is -0.435. The Morgan fingerprint density at radius 2 is 2.15 bits per heavy atom. The zero-order chi connectivity index (χ0) is 14.5. The van der Waals surface area contributed by atoms with Crippen molar-refractivity contribution < 1.29 is 14.5 Å². The first-order chi connectivity index (χ1) is 9.54. The molecule has 0 unspecified atom stereocenters. The largest absolute Gasteiger partial charge is 0.410 e. The van der Waals surface area contributed by atoms with Crippen molar-refractivity contribution >= 4 is 11.8 Å². The minimum atomic E-state index is -0.232. The van der Waals surface area contributed by atoms with Gasteiger partial charge in [0.05, 0.1) is 0 Å². The fraction of sp³-hybridized carbons (Fsp3) is 0.429. The first-order valence-corrected chi connectivity index (χ1v) is 7.57. The van der Waals surface area contributed by atoms with Crippen molar-refractivity contribution in [2.75, 3.05) is 0 Å². The van der Waals surface area contributed by atoms with E-state index in [-0.39, 0.29) is 11.9 Å². The van der Waals surface area contributed by atoms with Gasteiger partial charge in [0.2, 0.25) is 0 Å². The molecule has 20 heavy (non-hydrogen) atoms. The van der Waals surface area contributed by atoms with Crippen LogP contribution in [0.4, 0.5) is 4.39 Å². The summed E-state index contributed by atoms with van der Waals surface area (Å²) in [6.07, 6.45) is 0.913. The molecule has 0 amide bonds. The predicted molar refractivity (Wildman–Crippen MR) is 75.3 cm³/mol. The number of benzene rings is 1. The third-order valence-electron chi connectivity index (χ3n) is 2.78. The van der Waals surface area contributed by atoms with Crippen LogP contribution in [-0.2, 0) is 5.75 Å². The van der Waals surface area contributed by atoms with Crippen LogP contribution >= 0.6 is 11.8 Å². The molecule has 0 aliphatic heterocycles. The van der Waals surface area contributed by atoms with Gasteiger partial charge in [0.15, 0.2) is 6.04 Å². The Morgan fingerprint density at radius 1 is 1.35 bits per heavy atom. The average molecular weight is 296 g/mol. The summed E-state index contributed by atoms with van der Waals surface area (Å²) in [6, 6.07) is 6.52. The number of thioether (sulfide) groups is 1. The number of rotatable bonds is 6. The molecular formula is C14H19FN3OS+. The Labute approximate surface area is 122 Å². The van der Waals surface area contributed by atoms with Crippen LogP contribution in [0.5, 0.6) is 0 Å². The summed E-state index contributed by atoms with van der Waals surface area (Å²) in [5.74, 6) is 1.48. The summed E-state index contributed by atoms with van der Waals surface area (Å²) in [6.45, 7) is 4.27. The van der Waals surface area contributed by atoms with Crippen LogP contribution in [0.25, 0.3) is 0 Å². The van der Waals surface area contributed by atoms with Gasteiger partial charge in [-0.3, -0.25) is 0 Å². The highest BCUT2D eigenvalue weighted by atomic mass is 32.2. The Balaban J connectivity index is 1.93. The minimum absolute atomic E-state index is 0.0195. The average Bonchev–Trinajstić information content (AvgIpc) is 2.84. The van der Waals surface area contributed by atoms with Gasteiger partial charge >= 0.3 is 0 Å². The number of aromatic nitrogens is 2. The van der Waals surface area contributed by atoms with Crippen LogP contribution in [-0.4, -0.2) is 10.2 Å². The summed E-state index contributed by atoms with van der Waals surface area (Å²) >= 11 is 1.40. The highest BCUT2D eigenvalue weighted by molar-refractivity contribution is 7.98. The van der Waals surface area contributed by atoms with E-state index < -0.39 is 0 Å². The second kappa shape index (κ2) is 6.85. The van der Waals surface area contributed by atoms with E-state index in [9.17, 15) is 4.39 Å². The van der Waals surface area contributed by atoms with Crippen LogP contribution in [0.2, 0.25) is 0 Å². The van der Waals surface area contributed by atoms with Gasteiger partial charge in [-0.25, -0.2) is 4.39 Å². The standard InChI is InChI=1S/C14H18FN3OS/c1-9(2)6-12(16)13-17-18-14(19-13)20-8-10-4-3-5-11(15)7-10/h3-5,7,9,12H,6,8,16H2,1-2H3/p+1/t12-/m0/s1. The maximum atomic E-state index is 13.1. The van der Waals surface area contributed by atoms with E-state index in [4.69, 9.17) is 4.42 Å². The van der Waals surface area contributed by atoms with Gasteiger partial charge < -0.3 is 10.2 Å². The summed E-state index contributed by atoms with van der Waals surface area (Å²) in [7, 11) is 0. The lowest BCUT2D eigenvalue weighted by Crippen LogP contribution is -2.54. The third kappa shape index (κ3) is 4.31. The minimum Gasteiger partial charge on any atom is -0.410 e. The van der Waals surface area contributed by atoms with Gasteiger partial charge in [-0.2, -0.15) is 0 Å². The second-order valence-electron chi connectivity index (χ2n) is 5.15. The van der Waals surface area contributed by atoms with E-state index in [1.165, 1.54) is 23.9 Å². The Hall–Kier alpha value is -1.40. The van der Waals surface area contributed by atoms with Crippen LogP contribution in [0.3, 0.4) is 0 Å². The van der Waals surface area contributed by atoms with Gasteiger partial charge in [-0.15, -0.1) is 10.2 Å². The summed E-state index contributed by atoms with van der Waals surface area (Å²) in [5.41, 5.74) is 4.93. The smallest absolute Gasteiger partial charge is 0.277 e. The first-order valence-electron chi connectivity index (χ1n) is 6.58. The third-order valence-corrected chi connectivity index (χ3v) is 3.67. The fourth-order valence-corrected chi connectivity index (χ4v) is 2.60. The van der Waals surface area contributed by atoms with E-state index in [1.807, 2.05) is 6.07 Å². The summed E-state index contributed by atoms with van der Waals surface area (Å²) in [5, 5.41) is 8.52. The number of nitrogens with zero attached hydrogens (tertiary/aromatic N) is 2. The molecule has 108 valence electrons. The normalized spacial score (nSPS) is 12.8.